The van der Waals surface area contributed by atoms with E-state index in [1.54, 1.807) is 6.07 Å². The van der Waals surface area contributed by atoms with Crippen molar-refractivity contribution in [3.63, 3.8) is 0 Å². The van der Waals surface area contributed by atoms with Gasteiger partial charge in [0.1, 0.15) is 5.82 Å². The Kier molecular flexibility index (Phi) is 6.97. The Bertz CT molecular complexity index is 1450. The molecule has 0 aliphatic heterocycles. The number of carbonyl (C=O) groups is 1. The fraction of sp³-hybridized carbons (Fsp3) is 0.0870. The minimum atomic E-state index is -4.66. The molecule has 4 rings (SSSR count). The SMILES string of the molecule is COC(=O)/C=C/c1cncc(-c2cnc(Nc3ccc(F)c(Cl)c3)nc2-n2ccc(C(F)(F)F)n2)c1. The van der Waals surface area contributed by atoms with E-state index < -0.39 is 23.7 Å². The third-order valence-electron chi connectivity index (χ3n) is 4.72. The number of alkyl halides is 3. The maximum Gasteiger partial charge on any atom is 0.435 e. The highest BCUT2D eigenvalue weighted by Crippen LogP contribution is 2.31. The van der Waals surface area contributed by atoms with E-state index in [1.807, 2.05) is 0 Å². The first kappa shape index (κ1) is 24.8. The third kappa shape index (κ3) is 5.66. The Labute approximate surface area is 206 Å². The van der Waals surface area contributed by atoms with Gasteiger partial charge in [0, 0.05) is 47.7 Å². The lowest BCUT2D eigenvalue weighted by molar-refractivity contribution is -0.141. The number of nitrogens with zero attached hydrogens (tertiary/aromatic N) is 5. The quantitative estimate of drug-likeness (QED) is 0.205. The summed E-state index contributed by atoms with van der Waals surface area (Å²) in [6.45, 7) is 0. The molecule has 4 aromatic rings. The van der Waals surface area contributed by atoms with Gasteiger partial charge in [0.25, 0.3) is 0 Å². The normalized spacial score (nSPS) is 11.6. The van der Waals surface area contributed by atoms with Crippen molar-refractivity contribution in [2.75, 3.05) is 12.4 Å². The number of hydrogen-bond donors (Lipinski definition) is 1. The van der Waals surface area contributed by atoms with Crippen LogP contribution in [-0.2, 0) is 15.7 Å². The molecule has 13 heteroatoms. The monoisotopic (exact) mass is 518 g/mol. The molecule has 0 aliphatic carbocycles. The number of methoxy groups -OCH3 is 1. The predicted molar refractivity (Wildman–Crippen MR) is 123 cm³/mol. The number of carbonyl (C=O) groups excluding carboxylic acids is 1. The van der Waals surface area contributed by atoms with E-state index in [-0.39, 0.29) is 16.8 Å². The van der Waals surface area contributed by atoms with Crippen LogP contribution in [0.15, 0.2) is 61.2 Å². The Morgan fingerprint density at radius 1 is 1.17 bits per heavy atom. The first-order valence-electron chi connectivity index (χ1n) is 10.1. The lowest BCUT2D eigenvalue weighted by Gasteiger charge is -2.12. The number of anilines is 2. The third-order valence-corrected chi connectivity index (χ3v) is 5.01. The molecule has 0 aliphatic rings. The van der Waals surface area contributed by atoms with Crippen molar-refractivity contribution in [1.29, 1.82) is 0 Å². The Hall–Kier alpha value is -4.32. The molecule has 0 bridgehead atoms. The topological polar surface area (TPSA) is 94.8 Å². The van der Waals surface area contributed by atoms with Crippen LogP contribution in [-0.4, -0.2) is 37.8 Å². The maximum atomic E-state index is 13.5. The van der Waals surface area contributed by atoms with Gasteiger partial charge in [-0.2, -0.15) is 23.3 Å². The standard InChI is InChI=1S/C23H15ClF4N6O2/c1-36-20(35)5-2-13-8-14(11-29-10-13)16-12-30-22(31-15-3-4-18(25)17(24)9-15)32-21(16)34-7-6-19(33-34)23(26,27)28/h2-12H,1H3,(H,30,31,32)/b5-2+. The summed E-state index contributed by atoms with van der Waals surface area (Å²) < 4.78 is 58.6. The Balaban J connectivity index is 1.78. The summed E-state index contributed by atoms with van der Waals surface area (Å²) in [6, 6.07) is 6.30. The molecular formula is C23H15ClF4N6O2. The van der Waals surface area contributed by atoms with Crippen LogP contribution in [0.1, 0.15) is 11.3 Å². The molecule has 0 saturated carbocycles. The number of ether oxygens (including phenoxy) is 1. The number of benzene rings is 1. The summed E-state index contributed by atoms with van der Waals surface area (Å²) in [4.78, 5) is 24.1. The number of halogens is 5. The summed E-state index contributed by atoms with van der Waals surface area (Å²) in [6.07, 6.45) is 3.42. The van der Waals surface area contributed by atoms with Crippen molar-refractivity contribution in [2.45, 2.75) is 6.18 Å². The summed E-state index contributed by atoms with van der Waals surface area (Å²) >= 11 is 5.81. The van der Waals surface area contributed by atoms with Crippen molar-refractivity contribution in [3.8, 4) is 16.9 Å². The van der Waals surface area contributed by atoms with E-state index in [0.29, 0.717) is 22.4 Å². The lowest BCUT2D eigenvalue weighted by atomic mass is 10.1. The molecular weight excluding hydrogens is 504 g/mol. The zero-order valence-corrected chi connectivity index (χ0v) is 19.0. The Morgan fingerprint density at radius 2 is 1.97 bits per heavy atom. The highest BCUT2D eigenvalue weighted by atomic mass is 35.5. The smallest absolute Gasteiger partial charge is 0.435 e. The minimum absolute atomic E-state index is 0.00446. The lowest BCUT2D eigenvalue weighted by Crippen LogP contribution is -2.10. The van der Waals surface area contributed by atoms with Crippen LogP contribution in [0, 0.1) is 5.82 Å². The van der Waals surface area contributed by atoms with E-state index in [0.717, 1.165) is 23.0 Å². The molecule has 0 spiro atoms. The highest BCUT2D eigenvalue weighted by Gasteiger charge is 2.34. The largest absolute Gasteiger partial charge is 0.466 e. The van der Waals surface area contributed by atoms with E-state index >= 15 is 0 Å². The highest BCUT2D eigenvalue weighted by molar-refractivity contribution is 6.31. The number of pyridine rings is 1. The van der Waals surface area contributed by atoms with Gasteiger partial charge in [0.05, 0.1) is 12.1 Å². The molecule has 8 nitrogen and oxygen atoms in total. The van der Waals surface area contributed by atoms with Crippen LogP contribution in [0.5, 0.6) is 0 Å². The van der Waals surface area contributed by atoms with Crippen LogP contribution in [0.2, 0.25) is 5.02 Å². The van der Waals surface area contributed by atoms with Gasteiger partial charge >= 0.3 is 12.1 Å². The second-order valence-electron chi connectivity index (χ2n) is 7.19. The number of hydrogen-bond acceptors (Lipinski definition) is 7. The zero-order chi connectivity index (χ0) is 25.9. The first-order valence-corrected chi connectivity index (χ1v) is 10.5. The van der Waals surface area contributed by atoms with Gasteiger partial charge in [-0.25, -0.2) is 18.9 Å². The zero-order valence-electron chi connectivity index (χ0n) is 18.3. The van der Waals surface area contributed by atoms with Gasteiger partial charge < -0.3 is 10.1 Å². The van der Waals surface area contributed by atoms with Crippen molar-refractivity contribution in [1.82, 2.24) is 24.7 Å². The molecule has 184 valence electrons. The fourth-order valence-corrected chi connectivity index (χ4v) is 3.22. The summed E-state index contributed by atoms with van der Waals surface area (Å²) in [5, 5.41) is 6.31. The molecule has 0 amide bonds. The maximum absolute atomic E-state index is 13.5. The first-order chi connectivity index (χ1) is 17.1. The molecule has 3 heterocycles. The van der Waals surface area contributed by atoms with Crippen LogP contribution in [0.3, 0.4) is 0 Å². The molecule has 0 unspecified atom stereocenters. The number of aromatic nitrogens is 5. The van der Waals surface area contributed by atoms with Gasteiger partial charge in [-0.05, 0) is 42.0 Å². The number of esters is 1. The molecule has 0 fully saturated rings. The van der Waals surface area contributed by atoms with Gasteiger partial charge in [-0.1, -0.05) is 11.6 Å². The molecule has 1 N–H and O–H groups in total. The molecule has 0 saturated heterocycles. The fourth-order valence-electron chi connectivity index (χ4n) is 3.04. The second kappa shape index (κ2) is 10.1. The van der Waals surface area contributed by atoms with Crippen LogP contribution < -0.4 is 5.32 Å². The van der Waals surface area contributed by atoms with E-state index in [4.69, 9.17) is 11.6 Å². The number of rotatable bonds is 6. The molecule has 3 aromatic heterocycles. The van der Waals surface area contributed by atoms with Crippen molar-refractivity contribution in [2.24, 2.45) is 0 Å². The van der Waals surface area contributed by atoms with E-state index in [2.05, 4.69) is 30.1 Å². The van der Waals surface area contributed by atoms with Gasteiger partial charge in [0.2, 0.25) is 5.95 Å². The molecule has 0 radical (unpaired) electrons. The summed E-state index contributed by atoms with van der Waals surface area (Å²) in [5.74, 6) is -1.19. The van der Waals surface area contributed by atoms with E-state index in [9.17, 15) is 22.4 Å². The van der Waals surface area contributed by atoms with Crippen LogP contribution in [0.4, 0.5) is 29.2 Å². The van der Waals surface area contributed by atoms with Gasteiger partial charge in [-0.15, -0.1) is 0 Å². The minimum Gasteiger partial charge on any atom is -0.466 e. The van der Waals surface area contributed by atoms with Crippen molar-refractivity contribution >= 4 is 35.3 Å². The molecule has 1 aromatic carbocycles. The van der Waals surface area contributed by atoms with E-state index in [1.165, 1.54) is 50.0 Å². The molecule has 36 heavy (non-hydrogen) atoms. The second-order valence-corrected chi connectivity index (χ2v) is 7.60. The summed E-state index contributed by atoms with van der Waals surface area (Å²) in [7, 11) is 1.24. The van der Waals surface area contributed by atoms with Gasteiger partial charge in [0.15, 0.2) is 11.5 Å². The van der Waals surface area contributed by atoms with Gasteiger partial charge in [-0.3, -0.25) is 4.98 Å². The number of nitrogens with one attached hydrogen (secondary N) is 1. The van der Waals surface area contributed by atoms with Crippen LogP contribution in [0.25, 0.3) is 23.0 Å². The van der Waals surface area contributed by atoms with Crippen molar-refractivity contribution in [3.05, 3.63) is 83.3 Å². The molecule has 0 atom stereocenters. The Morgan fingerprint density at radius 3 is 2.67 bits per heavy atom. The summed E-state index contributed by atoms with van der Waals surface area (Å²) in [5.41, 5.74) is 0.504. The average Bonchev–Trinajstić information content (AvgIpc) is 3.36. The predicted octanol–water partition coefficient (Wildman–Crippen LogP) is 5.47. The van der Waals surface area contributed by atoms with Crippen LogP contribution >= 0.6 is 11.6 Å². The van der Waals surface area contributed by atoms with Crippen molar-refractivity contribution < 1.29 is 27.1 Å². The average molecular weight is 519 g/mol.